The van der Waals surface area contributed by atoms with Gasteiger partial charge in [-0.1, -0.05) is 0 Å². The summed E-state index contributed by atoms with van der Waals surface area (Å²) in [5.74, 6) is 0. The number of rotatable bonds is 5. The number of thiophene rings is 1. The molecule has 0 fully saturated rings. The summed E-state index contributed by atoms with van der Waals surface area (Å²) in [5.41, 5.74) is 1.24. The van der Waals surface area contributed by atoms with Crippen LogP contribution in [0.2, 0.25) is 0 Å². The molecule has 4 heteroatoms. The van der Waals surface area contributed by atoms with Crippen LogP contribution in [0.15, 0.2) is 16.4 Å². The highest BCUT2D eigenvalue weighted by molar-refractivity contribution is 7.11. The molecule has 0 saturated heterocycles. The Labute approximate surface area is 88.1 Å². The monoisotopic (exact) mass is 213 g/mol. The lowest BCUT2D eigenvalue weighted by Gasteiger charge is -2.05. The van der Waals surface area contributed by atoms with Gasteiger partial charge in [0.1, 0.15) is 0 Å². The van der Waals surface area contributed by atoms with Crippen LogP contribution < -0.4 is 0 Å². The van der Waals surface area contributed by atoms with E-state index < -0.39 is 6.29 Å². The van der Waals surface area contributed by atoms with Crippen molar-refractivity contribution in [1.82, 2.24) is 0 Å². The predicted molar refractivity (Wildman–Crippen MR) is 59.1 cm³/mol. The van der Waals surface area contributed by atoms with Crippen molar-refractivity contribution >= 4 is 17.6 Å². The molecule has 78 valence electrons. The third-order valence-electron chi connectivity index (χ3n) is 1.59. The smallest absolute Gasteiger partial charge is 0.174 e. The Bertz CT molecular complexity index is 296. The van der Waals surface area contributed by atoms with Crippen LogP contribution in [0.4, 0.5) is 0 Å². The van der Waals surface area contributed by atoms with Gasteiger partial charge in [0.05, 0.1) is 6.54 Å². The second-order valence-electron chi connectivity index (χ2n) is 2.93. The molecule has 0 aromatic carbocycles. The largest absolute Gasteiger partial charge is 0.366 e. The third-order valence-corrected chi connectivity index (χ3v) is 2.58. The van der Waals surface area contributed by atoms with Crippen LogP contribution in [-0.4, -0.2) is 30.8 Å². The molecule has 3 nitrogen and oxygen atoms in total. The zero-order valence-electron chi connectivity index (χ0n) is 8.43. The lowest BCUT2D eigenvalue weighted by molar-refractivity contribution is -0.0860. The van der Waals surface area contributed by atoms with Gasteiger partial charge >= 0.3 is 0 Å². The van der Waals surface area contributed by atoms with Gasteiger partial charge in [0, 0.05) is 17.7 Å². The maximum absolute atomic E-state index is 9.20. The summed E-state index contributed by atoms with van der Waals surface area (Å²) in [4.78, 5) is 5.19. The first kappa shape index (κ1) is 11.4. The van der Waals surface area contributed by atoms with Gasteiger partial charge in [-0.25, -0.2) is 0 Å². The number of hydrogen-bond acceptors (Lipinski definition) is 4. The minimum Gasteiger partial charge on any atom is -0.366 e. The van der Waals surface area contributed by atoms with Gasteiger partial charge in [-0.3, -0.25) is 4.99 Å². The summed E-state index contributed by atoms with van der Waals surface area (Å²) in [7, 11) is 0. The van der Waals surface area contributed by atoms with E-state index in [0.29, 0.717) is 13.2 Å². The molecule has 1 rings (SSSR count). The first-order valence-electron chi connectivity index (χ1n) is 4.57. The molecule has 1 aromatic heterocycles. The van der Waals surface area contributed by atoms with E-state index in [1.165, 1.54) is 5.56 Å². The maximum atomic E-state index is 9.20. The Balaban J connectivity index is 2.33. The molecule has 1 aromatic rings. The normalized spacial score (nSPS) is 13.6. The fourth-order valence-corrected chi connectivity index (χ4v) is 1.78. The second-order valence-corrected chi connectivity index (χ2v) is 3.87. The van der Waals surface area contributed by atoms with Gasteiger partial charge in [0.15, 0.2) is 6.29 Å². The molecule has 1 heterocycles. The van der Waals surface area contributed by atoms with Crippen molar-refractivity contribution in [3.05, 3.63) is 21.9 Å². The molecule has 0 radical (unpaired) electrons. The number of ether oxygens (including phenoxy) is 1. The van der Waals surface area contributed by atoms with E-state index in [-0.39, 0.29) is 0 Å². The van der Waals surface area contributed by atoms with Crippen molar-refractivity contribution in [1.29, 1.82) is 0 Å². The Morgan fingerprint density at radius 3 is 3.07 bits per heavy atom. The van der Waals surface area contributed by atoms with Crippen LogP contribution in [0, 0.1) is 6.92 Å². The molecular weight excluding hydrogens is 198 g/mol. The number of hydrogen-bond donors (Lipinski definition) is 1. The highest BCUT2D eigenvalue weighted by Crippen LogP contribution is 2.10. The standard InChI is InChI=1S/C10H15NO2S/c1-3-13-10(12)6-11-5-9-4-8(2)7-14-9/h4-5,7,10,12H,3,6H2,1-2H3. The Morgan fingerprint density at radius 1 is 1.71 bits per heavy atom. The zero-order valence-corrected chi connectivity index (χ0v) is 9.25. The van der Waals surface area contributed by atoms with E-state index in [0.717, 1.165) is 4.88 Å². The van der Waals surface area contributed by atoms with E-state index in [9.17, 15) is 5.11 Å². The topological polar surface area (TPSA) is 41.8 Å². The highest BCUT2D eigenvalue weighted by atomic mass is 32.1. The second kappa shape index (κ2) is 5.90. The molecule has 0 bridgehead atoms. The number of aliphatic hydroxyl groups excluding tert-OH is 1. The van der Waals surface area contributed by atoms with Gasteiger partial charge in [0.2, 0.25) is 0 Å². The van der Waals surface area contributed by atoms with Gasteiger partial charge in [-0.15, -0.1) is 11.3 Å². The van der Waals surface area contributed by atoms with Crippen LogP contribution in [0.1, 0.15) is 17.4 Å². The van der Waals surface area contributed by atoms with Gasteiger partial charge in [-0.05, 0) is 30.9 Å². The zero-order chi connectivity index (χ0) is 10.4. The van der Waals surface area contributed by atoms with Crippen molar-refractivity contribution in [2.45, 2.75) is 20.1 Å². The SMILES string of the molecule is CCOC(O)CN=Cc1cc(C)cs1. The maximum Gasteiger partial charge on any atom is 0.174 e. The predicted octanol–water partition coefficient (Wildman–Crippen LogP) is 1.83. The summed E-state index contributed by atoms with van der Waals surface area (Å²) >= 11 is 1.64. The molecule has 1 N–H and O–H groups in total. The average Bonchev–Trinajstić information content (AvgIpc) is 2.52. The quantitative estimate of drug-likeness (QED) is 0.599. The van der Waals surface area contributed by atoms with Crippen LogP contribution in [0.25, 0.3) is 0 Å². The molecule has 0 saturated carbocycles. The lowest BCUT2D eigenvalue weighted by Crippen LogP contribution is -2.15. The summed E-state index contributed by atoms with van der Waals surface area (Å²) < 4.78 is 4.93. The minimum atomic E-state index is -0.780. The van der Waals surface area contributed by atoms with Crippen molar-refractivity contribution < 1.29 is 9.84 Å². The van der Waals surface area contributed by atoms with Crippen LogP contribution >= 0.6 is 11.3 Å². The van der Waals surface area contributed by atoms with Crippen molar-refractivity contribution in [3.63, 3.8) is 0 Å². The Hall–Kier alpha value is -0.710. The van der Waals surface area contributed by atoms with E-state index in [2.05, 4.69) is 16.4 Å². The first-order valence-corrected chi connectivity index (χ1v) is 5.45. The molecule has 0 aliphatic heterocycles. The van der Waals surface area contributed by atoms with E-state index in [1.807, 2.05) is 13.8 Å². The molecule has 1 unspecified atom stereocenters. The van der Waals surface area contributed by atoms with E-state index >= 15 is 0 Å². The van der Waals surface area contributed by atoms with Crippen LogP contribution in [-0.2, 0) is 4.74 Å². The van der Waals surface area contributed by atoms with Crippen molar-refractivity contribution in [3.8, 4) is 0 Å². The summed E-state index contributed by atoms with van der Waals surface area (Å²) in [6, 6.07) is 2.06. The lowest BCUT2D eigenvalue weighted by atomic mass is 10.3. The fourth-order valence-electron chi connectivity index (χ4n) is 0.999. The van der Waals surface area contributed by atoms with Gasteiger partial charge in [0.25, 0.3) is 0 Å². The van der Waals surface area contributed by atoms with E-state index in [1.54, 1.807) is 17.6 Å². The summed E-state index contributed by atoms with van der Waals surface area (Å²) in [5, 5.41) is 11.3. The number of aliphatic imine (C=N–C) groups is 1. The average molecular weight is 213 g/mol. The highest BCUT2D eigenvalue weighted by Gasteiger charge is 1.99. The number of aryl methyl sites for hydroxylation is 1. The molecule has 0 aliphatic rings. The number of nitrogens with zero attached hydrogens (tertiary/aromatic N) is 1. The van der Waals surface area contributed by atoms with Crippen LogP contribution in [0.5, 0.6) is 0 Å². The Morgan fingerprint density at radius 2 is 2.50 bits per heavy atom. The first-order chi connectivity index (χ1) is 6.72. The third kappa shape index (κ3) is 4.00. The Kier molecular flexibility index (Phi) is 4.79. The molecule has 0 spiro atoms. The fraction of sp³-hybridized carbons (Fsp3) is 0.500. The summed E-state index contributed by atoms with van der Waals surface area (Å²) in [6.07, 6.45) is 0.984. The molecule has 14 heavy (non-hydrogen) atoms. The van der Waals surface area contributed by atoms with E-state index in [4.69, 9.17) is 4.74 Å². The molecule has 1 atom stereocenters. The van der Waals surface area contributed by atoms with Crippen LogP contribution in [0.3, 0.4) is 0 Å². The molecular formula is C10H15NO2S. The summed E-state index contributed by atoms with van der Waals surface area (Å²) in [6.45, 7) is 4.69. The van der Waals surface area contributed by atoms with Crippen molar-refractivity contribution in [2.24, 2.45) is 4.99 Å². The van der Waals surface area contributed by atoms with Crippen molar-refractivity contribution in [2.75, 3.05) is 13.2 Å². The molecule has 0 aliphatic carbocycles. The van der Waals surface area contributed by atoms with Gasteiger partial charge in [-0.2, -0.15) is 0 Å². The minimum absolute atomic E-state index is 0.296. The number of aliphatic hydroxyl groups is 1. The van der Waals surface area contributed by atoms with Gasteiger partial charge < -0.3 is 9.84 Å². The molecule has 0 amide bonds.